The molecule has 0 spiro atoms. The van der Waals surface area contributed by atoms with E-state index < -0.39 is 35.1 Å². The SMILES string of the molecule is CCOC(=O)[C@H](COCc1ccccc1)N[C@@H]1CCC=C[N@@+](CC(=O)O)(c2ccccc2)C1=O. The lowest BCUT2D eigenvalue weighted by Gasteiger charge is -2.33. The normalized spacial score (nSPS) is 21.0. The van der Waals surface area contributed by atoms with Gasteiger partial charge in [-0.3, -0.25) is 10.1 Å². The van der Waals surface area contributed by atoms with Crippen LogP contribution in [0.5, 0.6) is 0 Å². The van der Waals surface area contributed by atoms with E-state index >= 15 is 0 Å². The van der Waals surface area contributed by atoms with Gasteiger partial charge in [-0.25, -0.2) is 9.59 Å². The van der Waals surface area contributed by atoms with Crippen molar-refractivity contribution < 1.29 is 29.0 Å². The summed E-state index contributed by atoms with van der Waals surface area (Å²) in [6.45, 7) is 1.78. The molecule has 2 N–H and O–H groups in total. The predicted molar refractivity (Wildman–Crippen MR) is 128 cm³/mol. The van der Waals surface area contributed by atoms with Gasteiger partial charge in [-0.05, 0) is 31.4 Å². The van der Waals surface area contributed by atoms with Gasteiger partial charge in [-0.2, -0.15) is 4.48 Å². The molecule has 0 bridgehead atoms. The molecule has 0 saturated carbocycles. The third-order valence-electron chi connectivity index (χ3n) is 5.64. The third-order valence-corrected chi connectivity index (χ3v) is 5.64. The number of carbonyl (C=O) groups excluding carboxylic acids is 2. The Morgan fingerprint density at radius 1 is 1.12 bits per heavy atom. The fourth-order valence-corrected chi connectivity index (χ4v) is 4.03. The van der Waals surface area contributed by atoms with Crippen LogP contribution >= 0.6 is 0 Å². The number of ether oxygens (including phenoxy) is 2. The summed E-state index contributed by atoms with van der Waals surface area (Å²) in [4.78, 5) is 38.3. The number of quaternary nitrogens is 1. The summed E-state index contributed by atoms with van der Waals surface area (Å²) in [6.07, 6.45) is 4.42. The van der Waals surface area contributed by atoms with Gasteiger partial charge in [0, 0.05) is 12.1 Å². The quantitative estimate of drug-likeness (QED) is 0.387. The van der Waals surface area contributed by atoms with Gasteiger partial charge in [-0.15, -0.1) is 0 Å². The van der Waals surface area contributed by atoms with Crippen LogP contribution in [-0.2, 0) is 30.5 Å². The second-order valence-electron chi connectivity index (χ2n) is 8.08. The molecule has 1 amide bonds. The fraction of sp³-hybridized carbons (Fsp3) is 0.346. The van der Waals surface area contributed by atoms with Crippen LogP contribution in [0.2, 0.25) is 0 Å². The topological polar surface area (TPSA) is 102 Å². The second-order valence-corrected chi connectivity index (χ2v) is 8.08. The van der Waals surface area contributed by atoms with Crippen molar-refractivity contribution in [2.75, 3.05) is 19.8 Å². The zero-order valence-electron chi connectivity index (χ0n) is 19.3. The van der Waals surface area contributed by atoms with E-state index in [1.54, 1.807) is 37.4 Å². The molecule has 1 aliphatic heterocycles. The summed E-state index contributed by atoms with van der Waals surface area (Å²) in [5.74, 6) is -1.97. The monoisotopic (exact) mass is 467 g/mol. The molecule has 0 radical (unpaired) electrons. The Balaban J connectivity index is 1.82. The third kappa shape index (κ3) is 6.38. The van der Waals surface area contributed by atoms with Crippen molar-refractivity contribution in [1.29, 1.82) is 0 Å². The largest absolute Gasteiger partial charge is 0.477 e. The Morgan fingerprint density at radius 3 is 2.44 bits per heavy atom. The average molecular weight is 468 g/mol. The van der Waals surface area contributed by atoms with E-state index in [9.17, 15) is 19.5 Å². The smallest absolute Gasteiger partial charge is 0.360 e. The van der Waals surface area contributed by atoms with Gasteiger partial charge < -0.3 is 14.6 Å². The number of carboxylic acid groups (broad SMARTS) is 1. The highest BCUT2D eigenvalue weighted by molar-refractivity contribution is 5.98. The first-order valence-electron chi connectivity index (χ1n) is 11.4. The van der Waals surface area contributed by atoms with Gasteiger partial charge in [0.2, 0.25) is 0 Å². The number of hydrogen-bond acceptors (Lipinski definition) is 6. The van der Waals surface area contributed by atoms with Crippen LogP contribution < -0.4 is 9.80 Å². The summed E-state index contributed by atoms with van der Waals surface area (Å²) < 4.78 is 10.5. The Kier molecular flexibility index (Phi) is 9.09. The first kappa shape index (κ1) is 25.3. The number of allylic oxidation sites excluding steroid dienone is 1. The minimum Gasteiger partial charge on any atom is -0.477 e. The molecule has 3 atom stereocenters. The molecule has 2 aromatic carbocycles. The van der Waals surface area contributed by atoms with E-state index in [-0.39, 0.29) is 19.1 Å². The maximum absolute atomic E-state index is 13.8. The van der Waals surface area contributed by atoms with Crippen molar-refractivity contribution >= 4 is 23.5 Å². The molecule has 34 heavy (non-hydrogen) atoms. The van der Waals surface area contributed by atoms with E-state index in [0.717, 1.165) is 5.56 Å². The Bertz CT molecular complexity index is 995. The number of esters is 1. The number of rotatable bonds is 11. The number of para-hydroxylation sites is 1. The molecule has 3 rings (SSSR count). The Morgan fingerprint density at radius 2 is 1.79 bits per heavy atom. The number of hydrogen-bond donors (Lipinski definition) is 2. The van der Waals surface area contributed by atoms with Crippen LogP contribution in [0.1, 0.15) is 25.3 Å². The highest BCUT2D eigenvalue weighted by Gasteiger charge is 2.46. The molecular weight excluding hydrogens is 436 g/mol. The van der Waals surface area contributed by atoms with E-state index in [2.05, 4.69) is 5.32 Å². The lowest BCUT2D eigenvalue weighted by Crippen LogP contribution is -2.61. The van der Waals surface area contributed by atoms with Crippen molar-refractivity contribution in [3.05, 3.63) is 78.5 Å². The van der Waals surface area contributed by atoms with Crippen molar-refractivity contribution in [3.8, 4) is 0 Å². The summed E-state index contributed by atoms with van der Waals surface area (Å²) in [5, 5.41) is 12.8. The molecule has 180 valence electrons. The zero-order chi connectivity index (χ0) is 24.4. The predicted octanol–water partition coefficient (Wildman–Crippen LogP) is 3.02. The lowest BCUT2D eigenvalue weighted by atomic mass is 10.1. The van der Waals surface area contributed by atoms with Crippen molar-refractivity contribution in [2.45, 2.75) is 38.5 Å². The molecule has 2 aromatic rings. The van der Waals surface area contributed by atoms with Crippen LogP contribution in [-0.4, -0.2) is 54.8 Å². The van der Waals surface area contributed by atoms with Gasteiger partial charge >= 0.3 is 17.8 Å². The van der Waals surface area contributed by atoms with E-state index in [0.29, 0.717) is 25.1 Å². The number of carboxylic acids is 1. The van der Waals surface area contributed by atoms with Gasteiger partial charge in [0.25, 0.3) is 0 Å². The van der Waals surface area contributed by atoms with Crippen molar-refractivity contribution in [1.82, 2.24) is 9.80 Å². The minimum absolute atomic E-state index is 0.00913. The van der Waals surface area contributed by atoms with E-state index in [1.807, 2.05) is 42.5 Å². The van der Waals surface area contributed by atoms with Crippen LogP contribution in [0.25, 0.3) is 0 Å². The summed E-state index contributed by atoms with van der Waals surface area (Å²) in [5.41, 5.74) is 1.51. The molecule has 1 heterocycles. The van der Waals surface area contributed by atoms with E-state index in [4.69, 9.17) is 9.47 Å². The molecular formula is C26H31N2O6+. The second kappa shape index (κ2) is 12.2. The molecule has 8 nitrogen and oxygen atoms in total. The molecule has 8 heteroatoms. The Labute approximate surface area is 199 Å². The van der Waals surface area contributed by atoms with Crippen LogP contribution in [0.15, 0.2) is 72.9 Å². The molecule has 0 aromatic heterocycles. The minimum atomic E-state index is -1.10. The zero-order valence-corrected chi connectivity index (χ0v) is 19.3. The lowest BCUT2D eigenvalue weighted by molar-refractivity contribution is -0.149. The number of nitrogens with one attached hydrogen (secondary N) is 1. The number of amides is 1. The van der Waals surface area contributed by atoms with Crippen LogP contribution in [0, 0.1) is 0 Å². The number of carbonyl (C=O) groups is 3. The van der Waals surface area contributed by atoms with Gasteiger partial charge in [0.15, 0.2) is 6.54 Å². The van der Waals surface area contributed by atoms with Crippen LogP contribution in [0.3, 0.4) is 0 Å². The van der Waals surface area contributed by atoms with E-state index in [1.165, 1.54) is 0 Å². The number of aliphatic carboxylic acids is 1. The molecule has 0 unspecified atom stereocenters. The van der Waals surface area contributed by atoms with Gasteiger partial charge in [0.05, 0.1) is 19.8 Å². The number of benzene rings is 2. The van der Waals surface area contributed by atoms with Gasteiger partial charge in [-0.1, -0.05) is 48.5 Å². The molecule has 1 aliphatic rings. The summed E-state index contributed by atoms with van der Waals surface area (Å²) in [7, 11) is 0. The highest BCUT2D eigenvalue weighted by Crippen LogP contribution is 2.29. The van der Waals surface area contributed by atoms with Gasteiger partial charge in [0.1, 0.15) is 24.0 Å². The maximum atomic E-state index is 13.8. The first-order valence-corrected chi connectivity index (χ1v) is 11.4. The summed E-state index contributed by atoms with van der Waals surface area (Å²) >= 11 is 0. The summed E-state index contributed by atoms with van der Waals surface area (Å²) in [6, 6.07) is 16.7. The Hall–Kier alpha value is -3.33. The first-order chi connectivity index (χ1) is 16.5. The van der Waals surface area contributed by atoms with Crippen LogP contribution in [0.4, 0.5) is 5.69 Å². The highest BCUT2D eigenvalue weighted by atomic mass is 16.5. The molecule has 0 saturated heterocycles. The van der Waals surface area contributed by atoms with Crippen molar-refractivity contribution in [3.63, 3.8) is 0 Å². The van der Waals surface area contributed by atoms with Crippen molar-refractivity contribution in [2.24, 2.45) is 0 Å². The fourth-order valence-electron chi connectivity index (χ4n) is 4.03. The maximum Gasteiger partial charge on any atom is 0.360 e. The molecule has 0 fully saturated rings. The standard InChI is InChI=1S/C26H30N2O6/c1-2-34-26(32)23(19-33-18-20-11-5-3-6-12-20)27-22-15-9-10-16-28(25(22)31,17-24(29)30)21-13-7-4-8-14-21/h3-8,10-14,16,22-23,27H,2,9,15,17-19H2,1H3/p+1/t22-,23+,28-/m1/s1. The average Bonchev–Trinajstić information content (AvgIpc) is 2.99. The number of nitrogens with zero attached hydrogens (tertiary/aromatic N) is 1. The molecule has 0 aliphatic carbocycles.